The summed E-state index contributed by atoms with van der Waals surface area (Å²) in [6.07, 6.45) is 7.19. The molecule has 0 saturated heterocycles. The van der Waals surface area contributed by atoms with E-state index >= 15 is 0 Å². The maximum absolute atomic E-state index is 11.1. The molecule has 18 heavy (non-hydrogen) atoms. The van der Waals surface area contributed by atoms with Crippen LogP contribution in [0.2, 0.25) is 0 Å². The number of unbranched alkanes of at least 4 members (excludes halogenated alkanes) is 5. The van der Waals surface area contributed by atoms with Crippen LogP contribution < -0.4 is 0 Å². The number of halogens is 1. The molecule has 0 rings (SSSR count). The van der Waals surface area contributed by atoms with Gasteiger partial charge in [-0.15, -0.1) is 12.4 Å². The van der Waals surface area contributed by atoms with E-state index in [9.17, 15) is 4.79 Å². The maximum atomic E-state index is 11.1. The topological polar surface area (TPSA) is 29.5 Å². The standard InChI is InChI=1S/C14H27NO2.ClH/c1-13(2)14(16)17-12-10-8-6-5-7-9-11-15(3)4;/h1,5-12H2,2-4H3;1H. The first-order chi connectivity index (χ1) is 8.04. The fourth-order valence-electron chi connectivity index (χ4n) is 1.53. The molecule has 0 aliphatic carbocycles. The molecule has 0 radical (unpaired) electrons. The first-order valence-electron chi connectivity index (χ1n) is 6.51. The minimum Gasteiger partial charge on any atom is -0.462 e. The summed E-state index contributed by atoms with van der Waals surface area (Å²) < 4.78 is 5.02. The number of esters is 1. The summed E-state index contributed by atoms with van der Waals surface area (Å²) in [7, 11) is 4.21. The lowest BCUT2D eigenvalue weighted by atomic mass is 10.1. The van der Waals surface area contributed by atoms with Gasteiger partial charge in [0.15, 0.2) is 0 Å². The fourth-order valence-corrected chi connectivity index (χ4v) is 1.53. The van der Waals surface area contributed by atoms with Crippen molar-refractivity contribution in [3.63, 3.8) is 0 Å². The zero-order valence-corrected chi connectivity index (χ0v) is 12.9. The summed E-state index contributed by atoms with van der Waals surface area (Å²) in [5.74, 6) is -0.268. The second-order valence-corrected chi connectivity index (χ2v) is 4.84. The van der Waals surface area contributed by atoms with Gasteiger partial charge in [0.1, 0.15) is 0 Å². The van der Waals surface area contributed by atoms with Crippen molar-refractivity contribution in [1.82, 2.24) is 4.90 Å². The van der Waals surface area contributed by atoms with Crippen LogP contribution in [0.5, 0.6) is 0 Å². The zero-order valence-electron chi connectivity index (χ0n) is 12.0. The van der Waals surface area contributed by atoms with Gasteiger partial charge in [-0.2, -0.15) is 0 Å². The van der Waals surface area contributed by atoms with Crippen LogP contribution in [0.4, 0.5) is 0 Å². The van der Waals surface area contributed by atoms with Gasteiger partial charge >= 0.3 is 5.97 Å². The summed E-state index contributed by atoms with van der Waals surface area (Å²) in [6, 6.07) is 0. The summed E-state index contributed by atoms with van der Waals surface area (Å²) >= 11 is 0. The van der Waals surface area contributed by atoms with Gasteiger partial charge < -0.3 is 9.64 Å². The van der Waals surface area contributed by atoms with Crippen molar-refractivity contribution in [2.45, 2.75) is 45.4 Å². The van der Waals surface area contributed by atoms with Gasteiger partial charge in [0.25, 0.3) is 0 Å². The molecular weight excluding hydrogens is 250 g/mol. The first kappa shape index (κ1) is 19.8. The predicted octanol–water partition coefficient (Wildman–Crippen LogP) is 3.43. The van der Waals surface area contributed by atoms with Crippen molar-refractivity contribution < 1.29 is 9.53 Å². The van der Waals surface area contributed by atoms with E-state index in [1.165, 1.54) is 32.2 Å². The summed E-state index contributed by atoms with van der Waals surface area (Å²) in [5.41, 5.74) is 0.480. The SMILES string of the molecule is C=C(C)C(=O)OCCCCCCCCN(C)C.Cl. The van der Waals surface area contributed by atoms with E-state index in [1.807, 2.05) is 0 Å². The highest BCUT2D eigenvalue weighted by atomic mass is 35.5. The molecule has 3 nitrogen and oxygen atoms in total. The average Bonchev–Trinajstić information content (AvgIpc) is 2.25. The van der Waals surface area contributed by atoms with Gasteiger partial charge in [-0.3, -0.25) is 0 Å². The van der Waals surface area contributed by atoms with E-state index < -0.39 is 0 Å². The molecule has 0 aliphatic rings. The van der Waals surface area contributed by atoms with Crippen LogP contribution >= 0.6 is 12.4 Å². The molecule has 4 heteroatoms. The second kappa shape index (κ2) is 12.9. The Bertz CT molecular complexity index is 230. The second-order valence-electron chi connectivity index (χ2n) is 4.84. The molecule has 0 heterocycles. The Kier molecular flexibility index (Phi) is 14.2. The fraction of sp³-hybridized carbons (Fsp3) is 0.786. The van der Waals surface area contributed by atoms with Crippen molar-refractivity contribution in [1.29, 1.82) is 0 Å². The number of hydrogen-bond donors (Lipinski definition) is 0. The number of rotatable bonds is 10. The molecule has 0 saturated carbocycles. The first-order valence-corrected chi connectivity index (χ1v) is 6.51. The van der Waals surface area contributed by atoms with E-state index in [2.05, 4.69) is 25.6 Å². The van der Waals surface area contributed by atoms with Crippen LogP contribution in [0.15, 0.2) is 12.2 Å². The lowest BCUT2D eigenvalue weighted by Gasteiger charge is -2.08. The van der Waals surface area contributed by atoms with Gasteiger partial charge in [-0.1, -0.05) is 32.3 Å². The monoisotopic (exact) mass is 277 g/mol. The number of carbonyl (C=O) groups is 1. The van der Waals surface area contributed by atoms with Gasteiger partial charge in [0.05, 0.1) is 6.61 Å². The Morgan fingerprint density at radius 3 is 2.06 bits per heavy atom. The zero-order chi connectivity index (χ0) is 13.1. The predicted molar refractivity (Wildman–Crippen MR) is 79.3 cm³/mol. The van der Waals surface area contributed by atoms with Crippen molar-refractivity contribution >= 4 is 18.4 Å². The smallest absolute Gasteiger partial charge is 0.333 e. The Balaban J connectivity index is 0. The molecular formula is C14H28ClNO2. The van der Waals surface area contributed by atoms with Crippen LogP contribution in [0.1, 0.15) is 45.4 Å². The molecule has 0 spiro atoms. The quantitative estimate of drug-likeness (QED) is 0.348. The molecule has 0 atom stereocenters. The van der Waals surface area contributed by atoms with Crippen LogP contribution in [-0.2, 0) is 9.53 Å². The number of nitrogens with zero attached hydrogens (tertiary/aromatic N) is 1. The third kappa shape index (κ3) is 13.5. The Hall–Kier alpha value is -0.540. The molecule has 0 N–H and O–H groups in total. The summed E-state index contributed by atoms with van der Waals surface area (Å²) in [6.45, 7) is 6.92. The van der Waals surface area contributed by atoms with E-state index in [0.29, 0.717) is 12.2 Å². The van der Waals surface area contributed by atoms with Crippen LogP contribution in [0.25, 0.3) is 0 Å². The summed E-state index contributed by atoms with van der Waals surface area (Å²) in [5, 5.41) is 0. The molecule has 0 amide bonds. The minimum absolute atomic E-state index is 0. The minimum atomic E-state index is -0.268. The van der Waals surface area contributed by atoms with Crippen molar-refractivity contribution in [3.8, 4) is 0 Å². The highest BCUT2D eigenvalue weighted by Gasteiger charge is 2.01. The van der Waals surface area contributed by atoms with Gasteiger partial charge in [-0.25, -0.2) is 4.79 Å². The van der Waals surface area contributed by atoms with Crippen LogP contribution in [0, 0.1) is 0 Å². The van der Waals surface area contributed by atoms with Gasteiger partial charge in [0, 0.05) is 5.57 Å². The highest BCUT2D eigenvalue weighted by molar-refractivity contribution is 5.86. The molecule has 0 fully saturated rings. The molecule has 0 aliphatic heterocycles. The molecule has 0 aromatic heterocycles. The average molecular weight is 278 g/mol. The third-order valence-corrected chi connectivity index (χ3v) is 2.58. The third-order valence-electron chi connectivity index (χ3n) is 2.58. The number of hydrogen-bond acceptors (Lipinski definition) is 3. The molecule has 0 aromatic carbocycles. The Labute approximate surface area is 118 Å². The lowest BCUT2D eigenvalue weighted by Crippen LogP contribution is -2.12. The highest BCUT2D eigenvalue weighted by Crippen LogP contribution is 2.06. The number of ether oxygens (including phenoxy) is 1. The van der Waals surface area contributed by atoms with Crippen LogP contribution in [-0.4, -0.2) is 38.1 Å². The molecule has 0 aromatic rings. The van der Waals surface area contributed by atoms with E-state index in [-0.39, 0.29) is 18.4 Å². The Morgan fingerprint density at radius 2 is 1.56 bits per heavy atom. The lowest BCUT2D eigenvalue weighted by molar-refractivity contribution is -0.139. The van der Waals surface area contributed by atoms with E-state index in [0.717, 1.165) is 12.8 Å². The van der Waals surface area contributed by atoms with Crippen molar-refractivity contribution in [2.24, 2.45) is 0 Å². The molecule has 108 valence electrons. The van der Waals surface area contributed by atoms with E-state index in [1.54, 1.807) is 6.92 Å². The summed E-state index contributed by atoms with van der Waals surface area (Å²) in [4.78, 5) is 13.3. The van der Waals surface area contributed by atoms with Gasteiger partial charge in [-0.05, 0) is 40.4 Å². The molecule has 0 unspecified atom stereocenters. The normalized spacial score (nSPS) is 10.0. The number of carbonyl (C=O) groups excluding carboxylic acids is 1. The molecule has 0 bridgehead atoms. The van der Waals surface area contributed by atoms with Crippen molar-refractivity contribution in [3.05, 3.63) is 12.2 Å². The van der Waals surface area contributed by atoms with Crippen molar-refractivity contribution in [2.75, 3.05) is 27.2 Å². The maximum Gasteiger partial charge on any atom is 0.333 e. The van der Waals surface area contributed by atoms with Crippen LogP contribution in [0.3, 0.4) is 0 Å². The Morgan fingerprint density at radius 1 is 1.06 bits per heavy atom. The largest absolute Gasteiger partial charge is 0.462 e. The van der Waals surface area contributed by atoms with Gasteiger partial charge in [0.2, 0.25) is 0 Å². The van der Waals surface area contributed by atoms with E-state index in [4.69, 9.17) is 4.74 Å².